The summed E-state index contributed by atoms with van der Waals surface area (Å²) >= 11 is 0. The smallest absolute Gasteiger partial charge is 0.265 e. The lowest BCUT2D eigenvalue weighted by Gasteiger charge is -2.16. The summed E-state index contributed by atoms with van der Waals surface area (Å²) in [7, 11) is -1.89. The molecule has 0 fully saturated rings. The van der Waals surface area contributed by atoms with Gasteiger partial charge in [-0.05, 0) is 47.4 Å². The van der Waals surface area contributed by atoms with Crippen LogP contribution in [0.4, 0.5) is 5.69 Å². The molecule has 0 saturated heterocycles. The lowest BCUT2D eigenvalue weighted by atomic mass is 9.98. The molecule has 0 aliphatic carbocycles. The minimum absolute atomic E-state index is 0.0513. The van der Waals surface area contributed by atoms with Gasteiger partial charge in [0.2, 0.25) is 15.9 Å². The molecule has 1 N–H and O–H groups in total. The quantitative estimate of drug-likeness (QED) is 0.296. The standard InChI is InChI=1S/C30H34N4O4S/c1-5-7-12-28-31-26-19-23(33(3)29(35)6-2)17-18-27(26)34(28)20-21-13-15-22(16-14-21)24-10-8-9-11-25(24)30(36)32-39(4,37)38/h8-11,13-19H,5-7,12,20H2,1-4H3,(H,32,36). The van der Waals surface area contributed by atoms with Crippen LogP contribution in [0.1, 0.15) is 54.9 Å². The van der Waals surface area contributed by atoms with E-state index in [2.05, 4.69) is 11.5 Å². The van der Waals surface area contributed by atoms with Crippen LogP contribution in [0, 0.1) is 0 Å². The second-order valence-corrected chi connectivity index (χ2v) is 11.4. The van der Waals surface area contributed by atoms with Crippen LogP contribution in [0.2, 0.25) is 0 Å². The average molecular weight is 547 g/mol. The fourth-order valence-corrected chi connectivity index (χ4v) is 5.04. The molecule has 39 heavy (non-hydrogen) atoms. The van der Waals surface area contributed by atoms with Crippen LogP contribution in [0.5, 0.6) is 0 Å². The molecule has 204 valence electrons. The number of rotatable bonds is 10. The number of imidazole rings is 1. The summed E-state index contributed by atoms with van der Waals surface area (Å²) in [5, 5.41) is 0. The van der Waals surface area contributed by atoms with E-state index in [1.54, 1.807) is 30.1 Å². The number of carbonyl (C=O) groups excluding carboxylic acids is 2. The van der Waals surface area contributed by atoms with Crippen molar-refractivity contribution in [1.82, 2.24) is 14.3 Å². The highest BCUT2D eigenvalue weighted by Crippen LogP contribution is 2.27. The number of sulfonamides is 1. The number of nitrogens with one attached hydrogen (secondary N) is 1. The Bertz CT molecular complexity index is 1610. The molecule has 4 rings (SSSR count). The van der Waals surface area contributed by atoms with Crippen molar-refractivity contribution in [2.24, 2.45) is 0 Å². The van der Waals surface area contributed by atoms with Crippen LogP contribution in [-0.4, -0.2) is 43.1 Å². The normalized spacial score (nSPS) is 11.5. The third-order valence-corrected chi connectivity index (χ3v) is 7.24. The molecular weight excluding hydrogens is 512 g/mol. The Labute approximate surface area is 229 Å². The highest BCUT2D eigenvalue weighted by atomic mass is 32.2. The van der Waals surface area contributed by atoms with Gasteiger partial charge >= 0.3 is 0 Å². The average Bonchev–Trinajstić information content (AvgIpc) is 3.26. The molecule has 1 heterocycles. The molecule has 0 aliphatic rings. The zero-order valence-electron chi connectivity index (χ0n) is 22.8. The summed E-state index contributed by atoms with van der Waals surface area (Å²) in [6.45, 7) is 4.63. The number of aromatic nitrogens is 2. The molecule has 0 radical (unpaired) electrons. The Hall–Kier alpha value is -3.98. The number of carbonyl (C=O) groups is 2. The fourth-order valence-electron chi connectivity index (χ4n) is 4.59. The van der Waals surface area contributed by atoms with Crippen molar-refractivity contribution in [3.05, 3.63) is 83.7 Å². The van der Waals surface area contributed by atoms with Gasteiger partial charge in [-0.15, -0.1) is 0 Å². The predicted molar refractivity (Wildman–Crippen MR) is 155 cm³/mol. The Morgan fingerprint density at radius 1 is 1.00 bits per heavy atom. The summed E-state index contributed by atoms with van der Waals surface area (Å²) in [6, 6.07) is 20.8. The van der Waals surface area contributed by atoms with Gasteiger partial charge in [0.05, 0.1) is 17.3 Å². The third-order valence-electron chi connectivity index (χ3n) is 6.68. The maximum Gasteiger partial charge on any atom is 0.265 e. The van der Waals surface area contributed by atoms with Crippen LogP contribution < -0.4 is 9.62 Å². The fraction of sp³-hybridized carbons (Fsp3) is 0.300. The van der Waals surface area contributed by atoms with Gasteiger partial charge in [0.15, 0.2) is 0 Å². The van der Waals surface area contributed by atoms with Gasteiger partial charge in [-0.3, -0.25) is 9.59 Å². The van der Waals surface area contributed by atoms with Gasteiger partial charge in [0.1, 0.15) is 5.82 Å². The molecule has 9 heteroatoms. The number of fused-ring (bicyclic) bond motifs is 1. The van der Waals surface area contributed by atoms with Gasteiger partial charge in [0, 0.05) is 37.7 Å². The summed E-state index contributed by atoms with van der Waals surface area (Å²) in [5.41, 5.74) is 5.51. The number of amides is 2. The van der Waals surface area contributed by atoms with E-state index in [-0.39, 0.29) is 5.91 Å². The van der Waals surface area contributed by atoms with Crippen molar-refractivity contribution in [2.45, 2.75) is 46.1 Å². The molecule has 0 spiro atoms. The Balaban J connectivity index is 1.65. The second-order valence-electron chi connectivity index (χ2n) is 9.64. The number of hydrogen-bond acceptors (Lipinski definition) is 5. The van der Waals surface area contributed by atoms with Crippen molar-refractivity contribution in [2.75, 3.05) is 18.2 Å². The Kier molecular flexibility index (Phi) is 8.50. The van der Waals surface area contributed by atoms with Crippen LogP contribution in [0.3, 0.4) is 0 Å². The molecule has 0 bridgehead atoms. The monoisotopic (exact) mass is 546 g/mol. The molecular formula is C30H34N4O4S. The van der Waals surface area contributed by atoms with Gasteiger partial charge in [-0.2, -0.15) is 0 Å². The summed E-state index contributed by atoms with van der Waals surface area (Å²) in [5.74, 6) is 0.393. The second kappa shape index (κ2) is 11.8. The largest absolute Gasteiger partial charge is 0.323 e. The highest BCUT2D eigenvalue weighted by Gasteiger charge is 2.17. The van der Waals surface area contributed by atoms with Crippen molar-refractivity contribution in [3.63, 3.8) is 0 Å². The Morgan fingerprint density at radius 3 is 2.38 bits per heavy atom. The Morgan fingerprint density at radius 2 is 1.72 bits per heavy atom. The number of unbranched alkanes of at least 4 members (excludes halogenated alkanes) is 1. The third kappa shape index (κ3) is 6.54. The molecule has 0 atom stereocenters. The molecule has 0 aliphatic heterocycles. The lowest BCUT2D eigenvalue weighted by Crippen LogP contribution is -2.29. The minimum atomic E-state index is -3.68. The predicted octanol–water partition coefficient (Wildman–Crippen LogP) is 5.16. The van der Waals surface area contributed by atoms with Gasteiger partial charge in [-0.1, -0.05) is 62.7 Å². The van der Waals surface area contributed by atoms with E-state index in [1.807, 2.05) is 60.2 Å². The van der Waals surface area contributed by atoms with E-state index < -0.39 is 15.9 Å². The van der Waals surface area contributed by atoms with Gasteiger partial charge in [0.25, 0.3) is 5.91 Å². The zero-order chi connectivity index (χ0) is 28.2. The van der Waals surface area contributed by atoms with Crippen molar-refractivity contribution in [1.29, 1.82) is 0 Å². The number of hydrogen-bond donors (Lipinski definition) is 1. The van der Waals surface area contributed by atoms with Crippen LogP contribution in [0.15, 0.2) is 66.7 Å². The lowest BCUT2D eigenvalue weighted by molar-refractivity contribution is -0.118. The number of nitrogens with zero attached hydrogens (tertiary/aromatic N) is 3. The summed E-state index contributed by atoms with van der Waals surface area (Å²) in [4.78, 5) is 31.4. The number of benzene rings is 3. The SMILES string of the molecule is CCCCc1nc2cc(N(C)C(=O)CC)ccc2n1Cc1ccc(-c2ccccc2C(=O)NS(C)(=O)=O)cc1. The highest BCUT2D eigenvalue weighted by molar-refractivity contribution is 7.89. The van der Waals surface area contributed by atoms with Crippen LogP contribution in [0.25, 0.3) is 22.2 Å². The van der Waals surface area contributed by atoms with E-state index in [1.165, 1.54) is 0 Å². The van der Waals surface area contributed by atoms with Crippen molar-refractivity contribution >= 4 is 38.6 Å². The topological polar surface area (TPSA) is 101 Å². The summed E-state index contributed by atoms with van der Waals surface area (Å²) in [6.07, 6.45) is 4.33. The molecule has 3 aromatic carbocycles. The van der Waals surface area contributed by atoms with E-state index in [4.69, 9.17) is 4.98 Å². The van der Waals surface area contributed by atoms with Crippen molar-refractivity contribution < 1.29 is 18.0 Å². The maximum atomic E-state index is 12.6. The molecule has 2 amide bonds. The maximum absolute atomic E-state index is 12.6. The van der Waals surface area contributed by atoms with E-state index >= 15 is 0 Å². The molecule has 4 aromatic rings. The van der Waals surface area contributed by atoms with Gasteiger partial charge < -0.3 is 9.47 Å². The van der Waals surface area contributed by atoms with Crippen LogP contribution >= 0.6 is 0 Å². The first-order valence-electron chi connectivity index (χ1n) is 13.1. The summed E-state index contributed by atoms with van der Waals surface area (Å²) < 4.78 is 27.4. The first-order chi connectivity index (χ1) is 18.6. The molecule has 8 nitrogen and oxygen atoms in total. The van der Waals surface area contributed by atoms with Gasteiger partial charge in [-0.25, -0.2) is 18.1 Å². The first-order valence-corrected chi connectivity index (χ1v) is 15.0. The van der Waals surface area contributed by atoms with Crippen LogP contribution in [-0.2, 0) is 27.8 Å². The van der Waals surface area contributed by atoms with E-state index in [0.717, 1.165) is 59.2 Å². The number of aryl methyl sites for hydroxylation is 1. The van der Waals surface area contributed by atoms with E-state index in [0.29, 0.717) is 24.1 Å². The number of anilines is 1. The van der Waals surface area contributed by atoms with E-state index in [9.17, 15) is 18.0 Å². The zero-order valence-corrected chi connectivity index (χ0v) is 23.6. The van der Waals surface area contributed by atoms with Crippen molar-refractivity contribution in [3.8, 4) is 11.1 Å². The molecule has 0 saturated carbocycles. The first kappa shape index (κ1) is 28.0. The molecule has 1 aromatic heterocycles. The minimum Gasteiger partial charge on any atom is -0.323 e. The molecule has 0 unspecified atom stereocenters.